The van der Waals surface area contributed by atoms with E-state index in [2.05, 4.69) is 5.10 Å². The Bertz CT molecular complexity index is 713. The molecule has 0 aliphatic carbocycles. The minimum absolute atomic E-state index is 0.225. The van der Waals surface area contributed by atoms with Crippen molar-refractivity contribution in [3.8, 4) is 0 Å². The van der Waals surface area contributed by atoms with Crippen molar-refractivity contribution in [2.24, 2.45) is 0 Å². The maximum Gasteiger partial charge on any atom is 0.410 e. The molecule has 1 fully saturated rings. The number of ether oxygens (including phenoxy) is 3. The van der Waals surface area contributed by atoms with E-state index in [4.69, 9.17) is 14.2 Å². The summed E-state index contributed by atoms with van der Waals surface area (Å²) >= 11 is 0. The van der Waals surface area contributed by atoms with Crippen LogP contribution in [0.5, 0.6) is 0 Å². The minimum atomic E-state index is -1.08. The third-order valence-corrected chi connectivity index (χ3v) is 4.43. The average molecular weight is 395 g/mol. The Morgan fingerprint density at radius 3 is 2.25 bits per heavy atom. The van der Waals surface area contributed by atoms with E-state index in [9.17, 15) is 14.4 Å². The van der Waals surface area contributed by atoms with Crippen molar-refractivity contribution < 1.29 is 28.6 Å². The number of amides is 1. The van der Waals surface area contributed by atoms with E-state index in [1.54, 1.807) is 39.5 Å². The molecule has 1 aliphatic heterocycles. The minimum Gasteiger partial charge on any atom is -0.464 e. The van der Waals surface area contributed by atoms with Gasteiger partial charge in [-0.15, -0.1) is 0 Å². The summed E-state index contributed by atoms with van der Waals surface area (Å²) in [5.41, 5.74) is -1.41. The zero-order chi connectivity index (χ0) is 20.9. The van der Waals surface area contributed by atoms with Crippen molar-refractivity contribution in [2.45, 2.75) is 58.6 Å². The Balaban J connectivity index is 2.22. The summed E-state index contributed by atoms with van der Waals surface area (Å²) in [7, 11) is 0. The van der Waals surface area contributed by atoms with Gasteiger partial charge in [-0.3, -0.25) is 4.68 Å². The monoisotopic (exact) mass is 395 g/mol. The molecule has 28 heavy (non-hydrogen) atoms. The number of carbonyl (C=O) groups is 3. The van der Waals surface area contributed by atoms with Crippen LogP contribution >= 0.6 is 0 Å². The van der Waals surface area contributed by atoms with E-state index in [1.807, 2.05) is 0 Å². The van der Waals surface area contributed by atoms with Gasteiger partial charge in [0.15, 0.2) is 5.54 Å². The van der Waals surface area contributed by atoms with Crippen LogP contribution in [0, 0.1) is 0 Å². The van der Waals surface area contributed by atoms with Crippen molar-refractivity contribution in [3.05, 3.63) is 18.0 Å². The molecule has 9 nitrogen and oxygen atoms in total. The number of hydrogen-bond donors (Lipinski definition) is 0. The predicted molar refractivity (Wildman–Crippen MR) is 99.8 cm³/mol. The van der Waals surface area contributed by atoms with Gasteiger partial charge in [-0.25, -0.2) is 14.4 Å². The van der Waals surface area contributed by atoms with Crippen LogP contribution < -0.4 is 0 Å². The van der Waals surface area contributed by atoms with Gasteiger partial charge in [0.1, 0.15) is 5.60 Å². The zero-order valence-corrected chi connectivity index (χ0v) is 17.2. The lowest BCUT2D eigenvalue weighted by atomic mass is 9.87. The molecule has 0 spiro atoms. The van der Waals surface area contributed by atoms with E-state index in [0.29, 0.717) is 25.9 Å². The van der Waals surface area contributed by atoms with Crippen molar-refractivity contribution >= 4 is 18.0 Å². The summed E-state index contributed by atoms with van der Waals surface area (Å²) in [5.74, 6) is -0.934. The van der Waals surface area contributed by atoms with Crippen LogP contribution in [0.3, 0.4) is 0 Å². The first kappa shape index (κ1) is 21.7. The molecule has 0 radical (unpaired) electrons. The van der Waals surface area contributed by atoms with Gasteiger partial charge in [-0.1, -0.05) is 0 Å². The summed E-state index contributed by atoms with van der Waals surface area (Å²) in [6.07, 6.45) is 3.05. The van der Waals surface area contributed by atoms with Crippen molar-refractivity contribution in [1.82, 2.24) is 14.7 Å². The predicted octanol–water partition coefficient (Wildman–Crippen LogP) is 2.35. The number of piperidine rings is 1. The first-order valence-electron chi connectivity index (χ1n) is 9.50. The lowest BCUT2D eigenvalue weighted by molar-refractivity contribution is -0.157. The lowest BCUT2D eigenvalue weighted by Crippen LogP contribution is -2.53. The molecular formula is C19H29N3O6. The van der Waals surface area contributed by atoms with E-state index in [-0.39, 0.29) is 18.8 Å². The molecule has 1 aromatic rings. The SMILES string of the molecule is CCOC(=O)c1cnn(C2(C(=O)OCC)CCN(C(=O)OC(C)(C)C)CC2)c1. The number of aromatic nitrogens is 2. The summed E-state index contributed by atoms with van der Waals surface area (Å²) in [4.78, 5) is 38.6. The van der Waals surface area contributed by atoms with Gasteiger partial charge in [-0.2, -0.15) is 5.10 Å². The Labute approximate surface area is 164 Å². The number of likely N-dealkylation sites (tertiary alicyclic amines) is 1. The highest BCUT2D eigenvalue weighted by Crippen LogP contribution is 2.32. The Hall–Kier alpha value is -2.58. The molecule has 0 bridgehead atoms. The molecule has 1 aromatic heterocycles. The molecule has 2 rings (SSSR count). The van der Waals surface area contributed by atoms with Crippen molar-refractivity contribution in [2.75, 3.05) is 26.3 Å². The Morgan fingerprint density at radius 2 is 1.71 bits per heavy atom. The second-order valence-corrected chi connectivity index (χ2v) is 7.61. The second-order valence-electron chi connectivity index (χ2n) is 7.61. The van der Waals surface area contributed by atoms with Crippen LogP contribution in [0.4, 0.5) is 4.79 Å². The van der Waals surface area contributed by atoms with Gasteiger partial charge in [0, 0.05) is 32.1 Å². The van der Waals surface area contributed by atoms with Gasteiger partial charge in [0.25, 0.3) is 0 Å². The summed E-state index contributed by atoms with van der Waals surface area (Å²) in [6, 6.07) is 0. The third-order valence-electron chi connectivity index (χ3n) is 4.43. The zero-order valence-electron chi connectivity index (χ0n) is 17.2. The smallest absolute Gasteiger partial charge is 0.410 e. The van der Waals surface area contributed by atoms with E-state index < -0.39 is 29.2 Å². The van der Waals surface area contributed by atoms with Crippen molar-refractivity contribution in [3.63, 3.8) is 0 Å². The quantitative estimate of drug-likeness (QED) is 0.557. The number of hydrogen-bond acceptors (Lipinski definition) is 7. The first-order valence-corrected chi connectivity index (χ1v) is 9.50. The van der Waals surface area contributed by atoms with Crippen LogP contribution in [0.15, 0.2) is 12.4 Å². The largest absolute Gasteiger partial charge is 0.464 e. The maximum atomic E-state index is 12.8. The molecule has 1 amide bonds. The normalized spacial score (nSPS) is 16.4. The molecule has 156 valence electrons. The van der Waals surface area contributed by atoms with Crippen LogP contribution in [0.25, 0.3) is 0 Å². The van der Waals surface area contributed by atoms with Crippen LogP contribution in [-0.4, -0.2) is 64.6 Å². The number of carbonyl (C=O) groups excluding carboxylic acids is 3. The van der Waals surface area contributed by atoms with E-state index >= 15 is 0 Å². The molecule has 0 N–H and O–H groups in total. The summed E-state index contributed by atoms with van der Waals surface area (Å²) in [5, 5.41) is 4.23. The molecule has 0 unspecified atom stereocenters. The standard InChI is InChI=1S/C19H29N3O6/c1-6-26-15(23)14-12-20-22(13-14)19(16(24)27-7-2)8-10-21(11-9-19)17(25)28-18(3,4)5/h12-13H,6-11H2,1-5H3. The molecular weight excluding hydrogens is 366 g/mol. The van der Waals surface area contributed by atoms with Crippen molar-refractivity contribution in [1.29, 1.82) is 0 Å². The third kappa shape index (κ3) is 4.82. The summed E-state index contributed by atoms with van der Waals surface area (Å²) in [6.45, 7) is 9.95. The molecule has 0 atom stereocenters. The first-order chi connectivity index (χ1) is 13.1. The number of rotatable bonds is 5. The second kappa shape index (κ2) is 8.62. The molecule has 0 saturated carbocycles. The van der Waals surface area contributed by atoms with Gasteiger partial charge in [0.2, 0.25) is 0 Å². The lowest BCUT2D eigenvalue weighted by Gasteiger charge is -2.40. The Kier molecular flexibility index (Phi) is 6.69. The van der Waals surface area contributed by atoms with Crippen LogP contribution in [-0.2, 0) is 24.5 Å². The van der Waals surface area contributed by atoms with Crippen LogP contribution in [0.1, 0.15) is 57.8 Å². The highest BCUT2D eigenvalue weighted by molar-refractivity contribution is 5.89. The fourth-order valence-corrected chi connectivity index (χ4v) is 3.05. The number of nitrogens with zero attached hydrogens (tertiary/aromatic N) is 3. The Morgan fingerprint density at radius 1 is 1.11 bits per heavy atom. The van der Waals surface area contributed by atoms with Gasteiger partial charge < -0.3 is 19.1 Å². The van der Waals surface area contributed by atoms with E-state index in [1.165, 1.54) is 17.1 Å². The van der Waals surface area contributed by atoms with Gasteiger partial charge in [0.05, 0.1) is 25.0 Å². The summed E-state index contributed by atoms with van der Waals surface area (Å²) < 4.78 is 17.1. The number of esters is 2. The topological polar surface area (TPSA) is 100.0 Å². The molecule has 2 heterocycles. The molecule has 1 saturated heterocycles. The van der Waals surface area contributed by atoms with Gasteiger partial charge in [-0.05, 0) is 34.6 Å². The van der Waals surface area contributed by atoms with E-state index in [0.717, 1.165) is 0 Å². The van der Waals surface area contributed by atoms with Gasteiger partial charge >= 0.3 is 18.0 Å². The maximum absolute atomic E-state index is 12.8. The fourth-order valence-electron chi connectivity index (χ4n) is 3.05. The average Bonchev–Trinajstić information content (AvgIpc) is 3.11. The fraction of sp³-hybridized carbons (Fsp3) is 0.684. The van der Waals surface area contributed by atoms with Crippen LogP contribution in [0.2, 0.25) is 0 Å². The molecule has 1 aliphatic rings. The highest BCUT2D eigenvalue weighted by Gasteiger charge is 2.46. The highest BCUT2D eigenvalue weighted by atomic mass is 16.6. The molecule has 0 aromatic carbocycles. The molecule has 9 heteroatoms.